The molecule has 2 N–H and O–H groups in total. The van der Waals surface area contributed by atoms with Crippen molar-refractivity contribution >= 4 is 17.2 Å². The molecule has 2 aromatic rings. The summed E-state index contributed by atoms with van der Waals surface area (Å²) in [7, 11) is 0. The van der Waals surface area contributed by atoms with Crippen molar-refractivity contribution in [3.63, 3.8) is 0 Å². The molecule has 0 saturated carbocycles. The molecule has 9 heteroatoms. The van der Waals surface area contributed by atoms with Gasteiger partial charge in [0.15, 0.2) is 0 Å². The van der Waals surface area contributed by atoms with Crippen molar-refractivity contribution in [1.82, 2.24) is 20.0 Å². The van der Waals surface area contributed by atoms with Gasteiger partial charge in [-0.2, -0.15) is 13.2 Å². The Morgan fingerprint density at radius 1 is 1.33 bits per heavy atom. The van der Waals surface area contributed by atoms with Crippen LogP contribution in [0.2, 0.25) is 0 Å². The molecule has 0 aromatic carbocycles. The first-order valence-electron chi connectivity index (χ1n) is 3.69. The number of anilines is 1. The smallest absolute Gasteiger partial charge is 0.382 e. The Hall–Kier alpha value is -1.64. The van der Waals surface area contributed by atoms with Gasteiger partial charge in [0.2, 0.25) is 10.1 Å². The maximum Gasteiger partial charge on any atom is 0.445 e. The third-order valence-corrected chi connectivity index (χ3v) is 2.42. The van der Waals surface area contributed by atoms with Crippen LogP contribution in [0.3, 0.4) is 0 Å². The number of halogens is 3. The van der Waals surface area contributed by atoms with Crippen LogP contribution < -0.4 is 5.73 Å². The van der Waals surface area contributed by atoms with E-state index in [1.165, 1.54) is 12.3 Å². The molecule has 0 fully saturated rings. The molecule has 0 radical (unpaired) electrons. The molecule has 0 aliphatic rings. The van der Waals surface area contributed by atoms with Crippen LogP contribution in [0.25, 0.3) is 5.13 Å². The number of rotatable bonds is 1. The summed E-state index contributed by atoms with van der Waals surface area (Å²) in [5.74, 6) is 0.207. The van der Waals surface area contributed by atoms with Crippen LogP contribution in [-0.4, -0.2) is 20.0 Å². The first-order chi connectivity index (χ1) is 6.97. The number of nitrogens with zero attached hydrogens (tertiary/aromatic N) is 4. The molecule has 0 spiro atoms. The van der Waals surface area contributed by atoms with Crippen LogP contribution in [0.15, 0.2) is 12.3 Å². The zero-order chi connectivity index (χ0) is 11.1. The predicted octanol–water partition coefficient (Wildman–Crippen LogP) is 1.32. The topological polar surface area (TPSA) is 69.6 Å². The predicted molar refractivity (Wildman–Crippen MR) is 46.4 cm³/mol. The van der Waals surface area contributed by atoms with Crippen LogP contribution >= 0.6 is 11.3 Å². The van der Waals surface area contributed by atoms with Crippen molar-refractivity contribution in [2.45, 2.75) is 6.18 Å². The molecule has 2 aromatic heterocycles. The first-order valence-corrected chi connectivity index (χ1v) is 4.51. The zero-order valence-electron chi connectivity index (χ0n) is 7.06. The summed E-state index contributed by atoms with van der Waals surface area (Å²) in [4.78, 5) is 0. The molecule has 0 amide bonds. The fourth-order valence-corrected chi connectivity index (χ4v) is 1.51. The number of alkyl halides is 3. The van der Waals surface area contributed by atoms with Crippen LogP contribution in [0.5, 0.6) is 0 Å². The minimum Gasteiger partial charge on any atom is -0.382 e. The van der Waals surface area contributed by atoms with Gasteiger partial charge in [-0.3, -0.25) is 0 Å². The van der Waals surface area contributed by atoms with Gasteiger partial charge in [0.1, 0.15) is 5.82 Å². The monoisotopic (exact) mass is 235 g/mol. The Morgan fingerprint density at radius 2 is 2.07 bits per heavy atom. The normalized spacial score (nSPS) is 11.9. The van der Waals surface area contributed by atoms with E-state index < -0.39 is 11.2 Å². The fraction of sp³-hybridized carbons (Fsp3) is 0.167. The summed E-state index contributed by atoms with van der Waals surface area (Å²) in [6.07, 6.45) is -3.06. The number of nitrogen functional groups attached to an aromatic ring is 1. The summed E-state index contributed by atoms with van der Waals surface area (Å²) >= 11 is 0.404. The lowest BCUT2D eigenvalue weighted by atomic mass is 10.7. The molecule has 80 valence electrons. The van der Waals surface area contributed by atoms with E-state index in [0.29, 0.717) is 11.3 Å². The molecule has 0 aliphatic carbocycles. The van der Waals surface area contributed by atoms with Crippen LogP contribution in [0.1, 0.15) is 5.01 Å². The third-order valence-electron chi connectivity index (χ3n) is 1.46. The molecule has 5 nitrogen and oxygen atoms in total. The van der Waals surface area contributed by atoms with Gasteiger partial charge in [-0.15, -0.1) is 15.3 Å². The minimum absolute atomic E-state index is 0.0269. The molecule has 2 heterocycles. The quantitative estimate of drug-likeness (QED) is 0.809. The zero-order valence-corrected chi connectivity index (χ0v) is 7.88. The van der Waals surface area contributed by atoms with Crippen molar-refractivity contribution in [3.05, 3.63) is 17.3 Å². The lowest BCUT2D eigenvalue weighted by Crippen LogP contribution is -2.03. The van der Waals surface area contributed by atoms with Crippen LogP contribution in [0.4, 0.5) is 19.0 Å². The SMILES string of the molecule is Nc1ccn(-c2nnc(C(F)(F)F)s2)n1. The number of hydrogen-bond acceptors (Lipinski definition) is 5. The Kier molecular flexibility index (Phi) is 2.11. The second-order valence-electron chi connectivity index (χ2n) is 2.57. The summed E-state index contributed by atoms with van der Waals surface area (Å²) in [5, 5.41) is 9.11. The highest BCUT2D eigenvalue weighted by Gasteiger charge is 2.35. The summed E-state index contributed by atoms with van der Waals surface area (Å²) in [6.45, 7) is 0. The van der Waals surface area contributed by atoms with Gasteiger partial charge in [0.25, 0.3) is 0 Å². The summed E-state index contributed by atoms with van der Waals surface area (Å²) in [5.41, 5.74) is 5.31. The molecule has 0 atom stereocenters. The summed E-state index contributed by atoms with van der Waals surface area (Å²) < 4.78 is 37.7. The lowest BCUT2D eigenvalue weighted by Gasteiger charge is -1.97. The average molecular weight is 235 g/mol. The van der Waals surface area contributed by atoms with Gasteiger partial charge in [-0.1, -0.05) is 11.3 Å². The standard InChI is InChI=1S/C6H4F3N5S/c7-6(8,9)4-11-12-5(15-4)14-2-1-3(10)13-14/h1-2H,(H2,10,13). The van der Waals surface area contributed by atoms with Gasteiger partial charge in [0, 0.05) is 12.3 Å². The second-order valence-corrected chi connectivity index (χ2v) is 3.53. The average Bonchev–Trinajstić information content (AvgIpc) is 2.69. The van der Waals surface area contributed by atoms with Crippen molar-refractivity contribution in [2.24, 2.45) is 0 Å². The van der Waals surface area contributed by atoms with E-state index in [-0.39, 0.29) is 10.9 Å². The Morgan fingerprint density at radius 3 is 2.53 bits per heavy atom. The molecule has 0 bridgehead atoms. The van der Waals surface area contributed by atoms with Gasteiger partial charge in [-0.05, 0) is 0 Å². The van der Waals surface area contributed by atoms with Crippen LogP contribution in [-0.2, 0) is 6.18 Å². The van der Waals surface area contributed by atoms with Crippen LogP contribution in [0, 0.1) is 0 Å². The van der Waals surface area contributed by atoms with E-state index in [1.807, 2.05) is 0 Å². The van der Waals surface area contributed by atoms with Crippen molar-refractivity contribution < 1.29 is 13.2 Å². The van der Waals surface area contributed by atoms with E-state index >= 15 is 0 Å². The largest absolute Gasteiger partial charge is 0.445 e. The highest BCUT2D eigenvalue weighted by atomic mass is 32.1. The lowest BCUT2D eigenvalue weighted by molar-refractivity contribution is -0.138. The van der Waals surface area contributed by atoms with E-state index in [2.05, 4.69) is 15.3 Å². The maximum atomic E-state index is 12.2. The highest BCUT2D eigenvalue weighted by molar-refractivity contribution is 7.13. The van der Waals surface area contributed by atoms with Crippen molar-refractivity contribution in [2.75, 3.05) is 5.73 Å². The molecule has 0 saturated heterocycles. The Balaban J connectivity index is 2.36. The van der Waals surface area contributed by atoms with Gasteiger partial charge < -0.3 is 5.73 Å². The third kappa shape index (κ3) is 1.91. The van der Waals surface area contributed by atoms with Crippen molar-refractivity contribution in [1.29, 1.82) is 0 Å². The van der Waals surface area contributed by atoms with E-state index in [0.717, 1.165) is 4.68 Å². The van der Waals surface area contributed by atoms with Gasteiger partial charge >= 0.3 is 6.18 Å². The molecule has 2 rings (SSSR count). The van der Waals surface area contributed by atoms with E-state index in [4.69, 9.17) is 5.73 Å². The number of aromatic nitrogens is 4. The van der Waals surface area contributed by atoms with E-state index in [1.54, 1.807) is 0 Å². The van der Waals surface area contributed by atoms with Gasteiger partial charge in [0.05, 0.1) is 0 Å². The molecular weight excluding hydrogens is 231 g/mol. The van der Waals surface area contributed by atoms with E-state index in [9.17, 15) is 13.2 Å². The second kappa shape index (κ2) is 3.19. The molecule has 0 unspecified atom stereocenters. The number of nitrogens with two attached hydrogens (primary N) is 1. The fourth-order valence-electron chi connectivity index (χ4n) is 0.867. The summed E-state index contributed by atoms with van der Waals surface area (Å²) in [6, 6.07) is 1.45. The maximum absolute atomic E-state index is 12.2. The number of hydrogen-bond donors (Lipinski definition) is 1. The van der Waals surface area contributed by atoms with Gasteiger partial charge in [-0.25, -0.2) is 4.68 Å². The first kappa shape index (κ1) is 9.90. The minimum atomic E-state index is -4.48. The highest BCUT2D eigenvalue weighted by Crippen LogP contribution is 2.32. The Bertz CT molecular complexity index is 473. The van der Waals surface area contributed by atoms with Crippen molar-refractivity contribution in [3.8, 4) is 5.13 Å². The molecule has 15 heavy (non-hydrogen) atoms. The molecule has 0 aliphatic heterocycles. The molecular formula is C6H4F3N5S. The Labute approximate surface area is 85.3 Å².